The molecule has 6 nitrogen and oxygen atoms in total. The van der Waals surface area contributed by atoms with Crippen LogP contribution < -0.4 is 0 Å². The molecule has 0 aromatic heterocycles. The molecule has 0 aromatic rings. The number of aliphatic hydroxyl groups excluding tert-OH is 1. The van der Waals surface area contributed by atoms with Gasteiger partial charge in [0.05, 0.1) is 19.1 Å². The number of carbonyl (C=O) groups excluding carboxylic acids is 2. The lowest BCUT2D eigenvalue weighted by Gasteiger charge is -2.34. The minimum atomic E-state index is -0.587. The molecule has 134 valence electrons. The summed E-state index contributed by atoms with van der Waals surface area (Å²) in [4.78, 5) is 26.5. The van der Waals surface area contributed by atoms with Gasteiger partial charge in [0, 0.05) is 13.1 Å². The van der Waals surface area contributed by atoms with Crippen molar-refractivity contribution in [1.82, 2.24) is 4.90 Å². The van der Waals surface area contributed by atoms with Crippen molar-refractivity contribution in [2.24, 2.45) is 5.92 Å². The first kappa shape index (κ1) is 19.9. The second-order valence-corrected chi connectivity index (χ2v) is 7.09. The molecule has 1 N–H and O–H groups in total. The molecule has 6 heteroatoms. The van der Waals surface area contributed by atoms with E-state index in [9.17, 15) is 14.7 Å². The second-order valence-electron chi connectivity index (χ2n) is 7.09. The van der Waals surface area contributed by atoms with Crippen molar-refractivity contribution in [3.05, 3.63) is 0 Å². The molecule has 0 aromatic carbocycles. The van der Waals surface area contributed by atoms with E-state index in [1.165, 1.54) is 0 Å². The molecule has 0 bridgehead atoms. The summed E-state index contributed by atoms with van der Waals surface area (Å²) in [5.41, 5.74) is -0.587. The molecule has 1 aliphatic heterocycles. The summed E-state index contributed by atoms with van der Waals surface area (Å²) in [5, 5.41) is 9.80. The van der Waals surface area contributed by atoms with E-state index >= 15 is 0 Å². The smallest absolute Gasteiger partial charge is 0.324 e. The zero-order valence-corrected chi connectivity index (χ0v) is 15.0. The van der Waals surface area contributed by atoms with Crippen LogP contribution in [0, 0.1) is 5.92 Å². The first-order valence-corrected chi connectivity index (χ1v) is 8.48. The van der Waals surface area contributed by atoms with Crippen LogP contribution >= 0.6 is 0 Å². The normalized spacial score (nSPS) is 21.7. The van der Waals surface area contributed by atoms with Gasteiger partial charge >= 0.3 is 11.9 Å². The van der Waals surface area contributed by atoms with Crippen LogP contribution in [0.2, 0.25) is 0 Å². The maximum Gasteiger partial charge on any atom is 0.324 e. The molecule has 1 rings (SSSR count). The number of ether oxygens (including phenoxy) is 2. The molecular formula is C17H31NO5. The van der Waals surface area contributed by atoms with Gasteiger partial charge in [-0.2, -0.15) is 0 Å². The van der Waals surface area contributed by atoms with Crippen molar-refractivity contribution in [3.63, 3.8) is 0 Å². The fourth-order valence-electron chi connectivity index (χ4n) is 2.94. The summed E-state index contributed by atoms with van der Waals surface area (Å²) in [6.45, 7) is 10.6. The van der Waals surface area contributed by atoms with Gasteiger partial charge in [-0.3, -0.25) is 14.5 Å². The maximum absolute atomic E-state index is 12.7. The van der Waals surface area contributed by atoms with E-state index in [1.807, 2.05) is 32.6 Å². The third-order valence-corrected chi connectivity index (χ3v) is 3.94. The van der Waals surface area contributed by atoms with Crippen molar-refractivity contribution < 1.29 is 24.2 Å². The zero-order chi connectivity index (χ0) is 17.6. The van der Waals surface area contributed by atoms with E-state index in [1.54, 1.807) is 6.92 Å². The Morgan fingerprint density at radius 1 is 1.30 bits per heavy atom. The molecule has 0 aliphatic carbocycles. The SMILES string of the molecule is CCOC(=O)C[C@@H](CC)[C@H](C(=O)OC(C)(C)C)N1CC[C@@H](O)C1. The number of β-amino-alcohol motifs (C(OH)–C–C–N with tert-alkyl or cyclic N) is 1. The molecule has 23 heavy (non-hydrogen) atoms. The number of likely N-dealkylation sites (tertiary alicyclic amines) is 1. The third kappa shape index (κ3) is 6.47. The van der Waals surface area contributed by atoms with Gasteiger partial charge in [-0.05, 0) is 40.0 Å². The molecule has 1 heterocycles. The summed E-state index contributed by atoms with van der Waals surface area (Å²) in [7, 11) is 0. The number of aliphatic hydroxyl groups is 1. The first-order valence-electron chi connectivity index (χ1n) is 8.48. The minimum Gasteiger partial charge on any atom is -0.466 e. The predicted molar refractivity (Wildman–Crippen MR) is 86.9 cm³/mol. The number of esters is 2. The topological polar surface area (TPSA) is 76.1 Å². The number of hydrogen-bond donors (Lipinski definition) is 1. The largest absolute Gasteiger partial charge is 0.466 e. The Labute approximate surface area is 139 Å². The lowest BCUT2D eigenvalue weighted by molar-refractivity contribution is -0.164. The molecule has 3 atom stereocenters. The average molecular weight is 329 g/mol. The highest BCUT2D eigenvalue weighted by molar-refractivity contribution is 5.78. The first-order chi connectivity index (χ1) is 10.7. The number of carbonyl (C=O) groups is 2. The van der Waals surface area contributed by atoms with E-state index < -0.39 is 17.7 Å². The van der Waals surface area contributed by atoms with E-state index in [-0.39, 0.29) is 24.3 Å². The lowest BCUT2D eigenvalue weighted by Crippen LogP contribution is -2.48. The summed E-state index contributed by atoms with van der Waals surface area (Å²) in [6, 6.07) is -0.527. The fourth-order valence-corrected chi connectivity index (χ4v) is 2.94. The predicted octanol–water partition coefficient (Wildman–Crippen LogP) is 1.74. The quantitative estimate of drug-likeness (QED) is 0.717. The number of rotatable bonds is 7. The molecule has 0 unspecified atom stereocenters. The highest BCUT2D eigenvalue weighted by Gasteiger charge is 2.40. The van der Waals surface area contributed by atoms with Gasteiger partial charge in [-0.25, -0.2) is 0 Å². The Morgan fingerprint density at radius 2 is 1.96 bits per heavy atom. The van der Waals surface area contributed by atoms with Crippen molar-refractivity contribution in [2.75, 3.05) is 19.7 Å². The van der Waals surface area contributed by atoms with Gasteiger partial charge in [-0.1, -0.05) is 13.3 Å². The van der Waals surface area contributed by atoms with Gasteiger partial charge in [0.15, 0.2) is 0 Å². The van der Waals surface area contributed by atoms with E-state index in [2.05, 4.69) is 0 Å². The van der Waals surface area contributed by atoms with Crippen LogP contribution in [0.3, 0.4) is 0 Å². The van der Waals surface area contributed by atoms with Gasteiger partial charge in [0.1, 0.15) is 11.6 Å². The molecule has 1 aliphatic rings. The third-order valence-electron chi connectivity index (χ3n) is 3.94. The Morgan fingerprint density at radius 3 is 2.39 bits per heavy atom. The van der Waals surface area contributed by atoms with Crippen LogP contribution in [0.1, 0.15) is 53.9 Å². The average Bonchev–Trinajstić information content (AvgIpc) is 2.82. The maximum atomic E-state index is 12.7. The summed E-state index contributed by atoms with van der Waals surface area (Å²) in [5.74, 6) is -0.815. The minimum absolute atomic E-state index is 0.181. The van der Waals surface area contributed by atoms with Crippen molar-refractivity contribution in [2.45, 2.75) is 71.6 Å². The van der Waals surface area contributed by atoms with Crippen molar-refractivity contribution in [3.8, 4) is 0 Å². The molecule has 0 radical (unpaired) electrons. The van der Waals surface area contributed by atoms with Gasteiger partial charge < -0.3 is 14.6 Å². The Bertz CT molecular complexity index is 404. The standard InChI is InChI=1S/C17H31NO5/c1-6-12(10-14(20)22-7-2)15(16(21)23-17(3,4)5)18-9-8-13(19)11-18/h12-13,15,19H,6-11H2,1-5H3/t12-,13-,15-/m1/s1. The zero-order valence-electron chi connectivity index (χ0n) is 15.0. The Balaban J connectivity index is 2.91. The lowest BCUT2D eigenvalue weighted by atomic mass is 9.92. The van der Waals surface area contributed by atoms with Gasteiger partial charge in [0.25, 0.3) is 0 Å². The van der Waals surface area contributed by atoms with E-state index in [0.29, 0.717) is 32.5 Å². The molecule has 1 saturated heterocycles. The fraction of sp³-hybridized carbons (Fsp3) is 0.882. The molecule has 1 fully saturated rings. The number of hydrogen-bond acceptors (Lipinski definition) is 6. The molecule has 0 saturated carbocycles. The van der Waals surface area contributed by atoms with Crippen molar-refractivity contribution in [1.29, 1.82) is 0 Å². The highest BCUT2D eigenvalue weighted by Crippen LogP contribution is 2.26. The van der Waals surface area contributed by atoms with Gasteiger partial charge in [-0.15, -0.1) is 0 Å². The van der Waals surface area contributed by atoms with Crippen LogP contribution in [-0.2, 0) is 19.1 Å². The second kappa shape index (κ2) is 8.64. The van der Waals surface area contributed by atoms with Crippen molar-refractivity contribution >= 4 is 11.9 Å². The molecule has 0 amide bonds. The molecule has 0 spiro atoms. The summed E-state index contributed by atoms with van der Waals surface area (Å²) >= 11 is 0. The van der Waals surface area contributed by atoms with Crippen LogP contribution in [0.15, 0.2) is 0 Å². The Hall–Kier alpha value is -1.14. The van der Waals surface area contributed by atoms with Crippen LogP contribution in [0.25, 0.3) is 0 Å². The highest BCUT2D eigenvalue weighted by atomic mass is 16.6. The van der Waals surface area contributed by atoms with Crippen LogP contribution in [-0.4, -0.2) is 59.4 Å². The van der Waals surface area contributed by atoms with Gasteiger partial charge in [0.2, 0.25) is 0 Å². The van der Waals surface area contributed by atoms with E-state index in [0.717, 1.165) is 0 Å². The summed E-state index contributed by atoms with van der Waals surface area (Å²) in [6.07, 6.45) is 1.05. The monoisotopic (exact) mass is 329 g/mol. The molecular weight excluding hydrogens is 298 g/mol. The van der Waals surface area contributed by atoms with Crippen LogP contribution in [0.5, 0.6) is 0 Å². The summed E-state index contributed by atoms with van der Waals surface area (Å²) < 4.78 is 10.6. The van der Waals surface area contributed by atoms with E-state index in [4.69, 9.17) is 9.47 Å². The van der Waals surface area contributed by atoms with Crippen LogP contribution in [0.4, 0.5) is 0 Å². The Kier molecular flexibility index (Phi) is 7.48. The number of nitrogens with zero attached hydrogens (tertiary/aromatic N) is 1.